The lowest BCUT2D eigenvalue weighted by atomic mass is 10.2. The van der Waals surface area contributed by atoms with Gasteiger partial charge in [-0.15, -0.1) is 0 Å². The molecule has 0 saturated heterocycles. The average molecular weight is 274 g/mol. The van der Waals surface area contributed by atoms with Crippen molar-refractivity contribution in [3.8, 4) is 0 Å². The number of benzene rings is 2. The number of carbonyl (C=O) groups is 1. The zero-order valence-electron chi connectivity index (χ0n) is 10.8. The third-order valence-electron chi connectivity index (χ3n) is 2.68. The highest BCUT2D eigenvalue weighted by atomic mass is 19.1. The van der Waals surface area contributed by atoms with Gasteiger partial charge in [0.2, 0.25) is 5.91 Å². The molecule has 0 aliphatic carbocycles. The Labute approximate surface area is 116 Å². The molecule has 0 aliphatic heterocycles. The van der Waals surface area contributed by atoms with Crippen LogP contribution in [-0.2, 0) is 11.3 Å². The smallest absolute Gasteiger partial charge is 0.250 e. The van der Waals surface area contributed by atoms with Crippen molar-refractivity contribution in [2.24, 2.45) is 0 Å². The van der Waals surface area contributed by atoms with E-state index in [1.165, 1.54) is 12.1 Å². The van der Waals surface area contributed by atoms with E-state index in [2.05, 4.69) is 10.6 Å². The van der Waals surface area contributed by atoms with Crippen LogP contribution in [0.4, 0.5) is 15.8 Å². The quantitative estimate of drug-likeness (QED) is 0.784. The first-order valence-corrected chi connectivity index (χ1v) is 6.16. The van der Waals surface area contributed by atoms with Gasteiger partial charge < -0.3 is 15.7 Å². The third-order valence-corrected chi connectivity index (χ3v) is 2.68. The second kappa shape index (κ2) is 6.68. The monoisotopic (exact) mass is 274 g/mol. The van der Waals surface area contributed by atoms with Gasteiger partial charge in [-0.05, 0) is 35.9 Å². The Morgan fingerprint density at radius 1 is 1.10 bits per heavy atom. The van der Waals surface area contributed by atoms with Crippen molar-refractivity contribution in [3.05, 3.63) is 59.9 Å². The van der Waals surface area contributed by atoms with Crippen LogP contribution in [0.2, 0.25) is 0 Å². The SMILES string of the molecule is O=C(CO)Nc1cccc(NCc2cccc(F)c2)c1. The lowest BCUT2D eigenvalue weighted by Crippen LogP contribution is -2.15. The minimum atomic E-state index is -0.555. The minimum absolute atomic E-state index is 0.270. The van der Waals surface area contributed by atoms with Crippen LogP contribution in [0, 0.1) is 5.82 Å². The van der Waals surface area contributed by atoms with Crippen molar-refractivity contribution in [3.63, 3.8) is 0 Å². The second-order valence-corrected chi connectivity index (χ2v) is 4.27. The van der Waals surface area contributed by atoms with Crippen LogP contribution in [0.5, 0.6) is 0 Å². The summed E-state index contributed by atoms with van der Waals surface area (Å²) in [4.78, 5) is 11.1. The first kappa shape index (κ1) is 14.0. The Morgan fingerprint density at radius 3 is 2.60 bits per heavy atom. The van der Waals surface area contributed by atoms with Gasteiger partial charge in [0.25, 0.3) is 0 Å². The van der Waals surface area contributed by atoms with Gasteiger partial charge in [0.15, 0.2) is 0 Å². The highest BCUT2D eigenvalue weighted by molar-refractivity contribution is 5.91. The first-order valence-electron chi connectivity index (χ1n) is 6.16. The minimum Gasteiger partial charge on any atom is -0.387 e. The number of anilines is 2. The van der Waals surface area contributed by atoms with E-state index in [1.807, 2.05) is 12.1 Å². The summed E-state index contributed by atoms with van der Waals surface area (Å²) in [7, 11) is 0. The largest absolute Gasteiger partial charge is 0.387 e. The van der Waals surface area contributed by atoms with Crippen LogP contribution < -0.4 is 10.6 Å². The van der Waals surface area contributed by atoms with Gasteiger partial charge in [0.1, 0.15) is 12.4 Å². The van der Waals surface area contributed by atoms with Gasteiger partial charge in [0.05, 0.1) is 0 Å². The van der Waals surface area contributed by atoms with E-state index in [0.29, 0.717) is 12.2 Å². The lowest BCUT2D eigenvalue weighted by Gasteiger charge is -2.09. The number of hydrogen-bond acceptors (Lipinski definition) is 3. The molecule has 0 spiro atoms. The molecule has 2 rings (SSSR count). The van der Waals surface area contributed by atoms with Crippen molar-refractivity contribution in [2.45, 2.75) is 6.54 Å². The molecule has 5 heteroatoms. The van der Waals surface area contributed by atoms with E-state index in [0.717, 1.165) is 11.3 Å². The van der Waals surface area contributed by atoms with Crippen LogP contribution >= 0.6 is 0 Å². The first-order chi connectivity index (χ1) is 9.67. The van der Waals surface area contributed by atoms with Crippen LogP contribution in [0.25, 0.3) is 0 Å². The van der Waals surface area contributed by atoms with Crippen LogP contribution in [-0.4, -0.2) is 17.6 Å². The Hall–Kier alpha value is -2.40. The summed E-state index contributed by atoms with van der Waals surface area (Å²) in [5.41, 5.74) is 2.22. The number of amides is 1. The maximum absolute atomic E-state index is 13.0. The molecule has 0 radical (unpaired) electrons. The molecule has 0 atom stereocenters. The Kier molecular flexibility index (Phi) is 4.68. The molecule has 4 nitrogen and oxygen atoms in total. The maximum atomic E-state index is 13.0. The van der Waals surface area contributed by atoms with E-state index < -0.39 is 12.5 Å². The van der Waals surface area contributed by atoms with E-state index >= 15 is 0 Å². The molecule has 0 saturated carbocycles. The molecule has 0 aliphatic rings. The zero-order valence-corrected chi connectivity index (χ0v) is 10.8. The molecule has 0 heterocycles. The van der Waals surface area contributed by atoms with Gasteiger partial charge >= 0.3 is 0 Å². The lowest BCUT2D eigenvalue weighted by molar-refractivity contribution is -0.118. The van der Waals surface area contributed by atoms with Crippen molar-refractivity contribution in [1.29, 1.82) is 0 Å². The summed E-state index contributed by atoms with van der Waals surface area (Å²) in [6.07, 6.45) is 0. The molecular weight excluding hydrogens is 259 g/mol. The summed E-state index contributed by atoms with van der Waals surface area (Å²) < 4.78 is 13.0. The predicted octanol–water partition coefficient (Wildman–Crippen LogP) is 2.37. The fourth-order valence-corrected chi connectivity index (χ4v) is 1.76. The number of nitrogens with one attached hydrogen (secondary N) is 2. The summed E-state index contributed by atoms with van der Waals surface area (Å²) >= 11 is 0. The highest BCUT2D eigenvalue weighted by Crippen LogP contribution is 2.16. The van der Waals surface area contributed by atoms with Crippen molar-refractivity contribution < 1.29 is 14.3 Å². The molecule has 0 bridgehead atoms. The fourth-order valence-electron chi connectivity index (χ4n) is 1.76. The molecule has 2 aromatic rings. The fraction of sp³-hybridized carbons (Fsp3) is 0.133. The topological polar surface area (TPSA) is 61.4 Å². The molecule has 0 aromatic heterocycles. The number of carbonyl (C=O) groups excluding carboxylic acids is 1. The summed E-state index contributed by atoms with van der Waals surface area (Å²) in [5.74, 6) is -0.736. The van der Waals surface area contributed by atoms with E-state index in [4.69, 9.17) is 5.11 Å². The number of hydrogen-bond donors (Lipinski definition) is 3. The molecule has 3 N–H and O–H groups in total. The van der Waals surface area contributed by atoms with Crippen LogP contribution in [0.15, 0.2) is 48.5 Å². The Morgan fingerprint density at radius 2 is 1.85 bits per heavy atom. The van der Waals surface area contributed by atoms with Crippen molar-refractivity contribution in [2.75, 3.05) is 17.2 Å². The molecule has 20 heavy (non-hydrogen) atoms. The summed E-state index contributed by atoms with van der Waals surface area (Å²) in [5, 5.41) is 14.4. The molecule has 0 fully saturated rings. The van der Waals surface area contributed by atoms with Gasteiger partial charge in [-0.1, -0.05) is 18.2 Å². The highest BCUT2D eigenvalue weighted by Gasteiger charge is 2.01. The van der Waals surface area contributed by atoms with E-state index in [1.54, 1.807) is 24.3 Å². The van der Waals surface area contributed by atoms with Gasteiger partial charge in [-0.3, -0.25) is 4.79 Å². The summed E-state index contributed by atoms with van der Waals surface area (Å²) in [6.45, 7) is -0.0733. The number of aliphatic hydroxyl groups is 1. The summed E-state index contributed by atoms with van der Waals surface area (Å²) in [6, 6.07) is 13.4. The number of aliphatic hydroxyl groups excluding tert-OH is 1. The molecule has 1 amide bonds. The van der Waals surface area contributed by atoms with Crippen molar-refractivity contribution in [1.82, 2.24) is 0 Å². The van der Waals surface area contributed by atoms with Crippen molar-refractivity contribution >= 4 is 17.3 Å². The van der Waals surface area contributed by atoms with Gasteiger partial charge in [-0.2, -0.15) is 0 Å². The molecule has 2 aromatic carbocycles. The van der Waals surface area contributed by atoms with Gasteiger partial charge in [0, 0.05) is 17.9 Å². The Bertz CT molecular complexity index is 602. The maximum Gasteiger partial charge on any atom is 0.250 e. The number of halogens is 1. The van der Waals surface area contributed by atoms with Crippen LogP contribution in [0.1, 0.15) is 5.56 Å². The van der Waals surface area contributed by atoms with E-state index in [9.17, 15) is 9.18 Å². The Balaban J connectivity index is 1.99. The zero-order chi connectivity index (χ0) is 14.4. The molecule has 0 unspecified atom stereocenters. The molecular formula is C15H15FN2O2. The standard InChI is InChI=1S/C15H15FN2O2/c16-12-4-1-3-11(7-12)9-17-13-5-2-6-14(8-13)18-15(20)10-19/h1-8,17,19H,9-10H2,(H,18,20). The van der Waals surface area contributed by atoms with Gasteiger partial charge in [-0.25, -0.2) is 4.39 Å². The normalized spacial score (nSPS) is 10.1. The van der Waals surface area contributed by atoms with E-state index in [-0.39, 0.29) is 5.82 Å². The predicted molar refractivity (Wildman–Crippen MR) is 75.9 cm³/mol. The second-order valence-electron chi connectivity index (χ2n) is 4.27. The number of rotatable bonds is 5. The van der Waals surface area contributed by atoms with Crippen LogP contribution in [0.3, 0.4) is 0 Å². The third kappa shape index (κ3) is 4.07. The average Bonchev–Trinajstić information content (AvgIpc) is 2.45. The molecule has 104 valence electrons.